The number of carbonyl (C=O) groups is 3. The minimum absolute atomic E-state index is 0. The van der Waals surface area contributed by atoms with E-state index in [1.165, 1.54) is 4.90 Å². The molecule has 0 spiro atoms. The summed E-state index contributed by atoms with van der Waals surface area (Å²) in [5.41, 5.74) is 1.37. The van der Waals surface area contributed by atoms with E-state index in [1.54, 1.807) is 49.2 Å². The van der Waals surface area contributed by atoms with Crippen molar-refractivity contribution in [3.8, 4) is 5.75 Å². The molecule has 0 saturated carbocycles. The molecule has 3 aliphatic heterocycles. The highest BCUT2D eigenvalue weighted by Crippen LogP contribution is 2.37. The summed E-state index contributed by atoms with van der Waals surface area (Å²) < 4.78 is 34.6. The molecule has 3 aliphatic rings. The fourth-order valence-electron chi connectivity index (χ4n) is 5.76. The first-order chi connectivity index (χ1) is 19.2. The maximum absolute atomic E-state index is 14.4. The number of nitrogens with one attached hydrogen (secondary N) is 3. The zero-order chi connectivity index (χ0) is 28.4. The lowest BCUT2D eigenvalue weighted by Crippen LogP contribution is -2.64. The Morgan fingerprint density at radius 2 is 1.71 bits per heavy atom. The molecule has 3 N–H and O–H groups in total. The fourth-order valence-corrected chi connectivity index (χ4v) is 5.76. The SMILES string of the molecule is CN[C@@H](C)C(=O)N[C@H](C(=O)N1CC2CC(F)(F)CN2CC1C(=O)N[C@@H]1CCOc2ccccc21)c1ccccc1.Cl.Cl. The molecule has 5 rings (SSSR count). The van der Waals surface area contributed by atoms with Gasteiger partial charge in [0.2, 0.25) is 11.8 Å². The van der Waals surface area contributed by atoms with Crippen LogP contribution in [0.1, 0.15) is 43.0 Å². The molecular weight excluding hydrogens is 591 g/mol. The summed E-state index contributed by atoms with van der Waals surface area (Å²) in [6, 6.07) is 12.6. The van der Waals surface area contributed by atoms with Gasteiger partial charge in [-0.15, -0.1) is 24.8 Å². The molecule has 0 radical (unpaired) electrons. The van der Waals surface area contributed by atoms with Gasteiger partial charge >= 0.3 is 0 Å². The second-order valence-corrected chi connectivity index (χ2v) is 10.7. The second kappa shape index (κ2) is 14.0. The van der Waals surface area contributed by atoms with Crippen molar-refractivity contribution in [2.45, 2.75) is 55.9 Å². The van der Waals surface area contributed by atoms with Crippen molar-refractivity contribution in [3.05, 3.63) is 65.7 Å². The lowest BCUT2D eigenvalue weighted by atomic mass is 9.98. The summed E-state index contributed by atoms with van der Waals surface area (Å²) in [7, 11) is 1.64. The summed E-state index contributed by atoms with van der Waals surface area (Å²) in [6.07, 6.45) is 0.149. The van der Waals surface area contributed by atoms with Gasteiger partial charge in [-0.3, -0.25) is 19.3 Å². The van der Waals surface area contributed by atoms with Gasteiger partial charge in [-0.1, -0.05) is 48.5 Å². The molecule has 230 valence electrons. The number of hydrogen-bond acceptors (Lipinski definition) is 6. The Morgan fingerprint density at radius 1 is 1.02 bits per heavy atom. The van der Waals surface area contributed by atoms with E-state index in [2.05, 4.69) is 16.0 Å². The highest BCUT2D eigenvalue weighted by atomic mass is 35.5. The summed E-state index contributed by atoms with van der Waals surface area (Å²) >= 11 is 0. The van der Waals surface area contributed by atoms with Crippen LogP contribution in [0.15, 0.2) is 54.6 Å². The van der Waals surface area contributed by atoms with Crippen LogP contribution < -0.4 is 20.7 Å². The van der Waals surface area contributed by atoms with Crippen molar-refractivity contribution >= 4 is 42.5 Å². The largest absolute Gasteiger partial charge is 0.493 e. The van der Waals surface area contributed by atoms with Crippen molar-refractivity contribution in [1.29, 1.82) is 0 Å². The number of halogens is 4. The number of alkyl halides is 2. The molecule has 0 aliphatic carbocycles. The number of benzene rings is 2. The Bertz CT molecular complexity index is 1260. The lowest BCUT2D eigenvalue weighted by molar-refractivity contribution is -0.148. The molecule has 2 saturated heterocycles. The van der Waals surface area contributed by atoms with Gasteiger partial charge < -0.3 is 25.6 Å². The van der Waals surface area contributed by atoms with Crippen LogP contribution in [0.4, 0.5) is 8.78 Å². The van der Waals surface area contributed by atoms with E-state index in [9.17, 15) is 23.2 Å². The maximum atomic E-state index is 14.4. The first-order valence-corrected chi connectivity index (χ1v) is 13.6. The Balaban J connectivity index is 0.00000242. The molecule has 2 aromatic rings. The third-order valence-electron chi connectivity index (χ3n) is 8.03. The van der Waals surface area contributed by atoms with Crippen LogP contribution in [0.25, 0.3) is 0 Å². The van der Waals surface area contributed by atoms with E-state index >= 15 is 0 Å². The molecule has 2 aromatic carbocycles. The van der Waals surface area contributed by atoms with Crippen molar-refractivity contribution in [2.75, 3.05) is 33.3 Å². The van der Waals surface area contributed by atoms with Crippen molar-refractivity contribution in [3.63, 3.8) is 0 Å². The number of para-hydroxylation sites is 1. The highest BCUT2D eigenvalue weighted by molar-refractivity contribution is 5.94. The topological polar surface area (TPSA) is 103 Å². The molecule has 9 nitrogen and oxygen atoms in total. The third-order valence-corrected chi connectivity index (χ3v) is 8.03. The summed E-state index contributed by atoms with van der Waals surface area (Å²) in [4.78, 5) is 43.9. The second-order valence-electron chi connectivity index (χ2n) is 10.7. The standard InChI is InChI=1S/C29H35F2N5O4.2ClH/c1-18(32-2)26(37)34-25(19-8-4-3-5-9-19)28(39)36-15-20-14-29(30,31)17-35(20)16-23(36)27(38)33-22-12-13-40-24-11-7-6-10-21(22)24;;/h3-11,18,20,22-23,25,32H,12-17H2,1-2H3,(H,33,38)(H,34,37);2*1H/t18-,20?,22+,23?,25-;;/m0../s1. The van der Waals surface area contributed by atoms with Gasteiger partial charge in [0.1, 0.15) is 17.8 Å². The number of nitrogens with zero attached hydrogens (tertiary/aromatic N) is 2. The van der Waals surface area contributed by atoms with E-state index in [1.807, 2.05) is 24.3 Å². The number of carbonyl (C=O) groups excluding carboxylic acids is 3. The Hall–Kier alpha value is -2.99. The third kappa shape index (κ3) is 7.14. The van der Waals surface area contributed by atoms with Gasteiger partial charge in [-0.25, -0.2) is 8.78 Å². The average molecular weight is 629 g/mol. The number of rotatable bonds is 7. The molecule has 0 bridgehead atoms. The van der Waals surface area contributed by atoms with Crippen molar-refractivity contribution < 1.29 is 27.9 Å². The molecule has 42 heavy (non-hydrogen) atoms. The molecule has 3 amide bonds. The normalized spacial score (nSPS) is 23.9. The number of piperazine rings is 1. The van der Waals surface area contributed by atoms with Gasteiger partial charge in [0.15, 0.2) is 0 Å². The molecule has 0 aromatic heterocycles. The molecule has 3 heterocycles. The maximum Gasteiger partial charge on any atom is 0.262 e. The average Bonchev–Trinajstić information content (AvgIpc) is 3.27. The zero-order valence-electron chi connectivity index (χ0n) is 23.4. The number of hydrogen-bond donors (Lipinski definition) is 3. The minimum atomic E-state index is -2.90. The van der Waals surface area contributed by atoms with Gasteiger partial charge in [0, 0.05) is 37.5 Å². The van der Waals surface area contributed by atoms with Crippen LogP contribution in [0.3, 0.4) is 0 Å². The highest BCUT2D eigenvalue weighted by Gasteiger charge is 2.52. The predicted octanol–water partition coefficient (Wildman–Crippen LogP) is 2.86. The molecule has 2 fully saturated rings. The van der Waals surface area contributed by atoms with E-state index in [0.29, 0.717) is 24.3 Å². The van der Waals surface area contributed by atoms with E-state index in [0.717, 1.165) is 5.56 Å². The Kier molecular flexibility index (Phi) is 11.2. The summed E-state index contributed by atoms with van der Waals surface area (Å²) in [6.45, 7) is 1.56. The Morgan fingerprint density at radius 3 is 2.43 bits per heavy atom. The predicted molar refractivity (Wildman–Crippen MR) is 158 cm³/mol. The first kappa shape index (κ1) is 33.5. The summed E-state index contributed by atoms with van der Waals surface area (Å²) in [5.74, 6) is -3.55. The monoisotopic (exact) mass is 627 g/mol. The lowest BCUT2D eigenvalue weighted by Gasteiger charge is -2.44. The smallest absolute Gasteiger partial charge is 0.262 e. The van der Waals surface area contributed by atoms with Crippen LogP contribution in [-0.4, -0.2) is 84.9 Å². The minimum Gasteiger partial charge on any atom is -0.493 e. The summed E-state index contributed by atoms with van der Waals surface area (Å²) in [5, 5.41) is 8.72. The fraction of sp³-hybridized carbons (Fsp3) is 0.483. The molecular formula is C29H37Cl2F2N5O4. The molecule has 2 unspecified atom stereocenters. The van der Waals surface area contributed by atoms with Crippen LogP contribution in [0, 0.1) is 0 Å². The Labute approximate surface area is 256 Å². The number of likely N-dealkylation sites (N-methyl/N-ethyl adjacent to an activating group) is 1. The van der Waals surface area contributed by atoms with Crippen molar-refractivity contribution in [1.82, 2.24) is 25.8 Å². The van der Waals surface area contributed by atoms with Crippen molar-refractivity contribution in [2.24, 2.45) is 0 Å². The quantitative estimate of drug-likeness (QED) is 0.436. The zero-order valence-corrected chi connectivity index (χ0v) is 25.1. The van der Waals surface area contributed by atoms with Crippen LogP contribution in [-0.2, 0) is 14.4 Å². The van der Waals surface area contributed by atoms with Crippen LogP contribution >= 0.6 is 24.8 Å². The van der Waals surface area contributed by atoms with Gasteiger partial charge in [0.25, 0.3) is 11.8 Å². The van der Waals surface area contributed by atoms with Crippen LogP contribution in [0.2, 0.25) is 0 Å². The molecule has 5 atom stereocenters. The van der Waals surface area contributed by atoms with E-state index in [4.69, 9.17) is 4.74 Å². The van der Waals surface area contributed by atoms with E-state index < -0.39 is 60.8 Å². The number of ether oxygens (including phenoxy) is 1. The molecule has 13 heteroatoms. The number of amides is 3. The number of fused-ring (bicyclic) bond motifs is 2. The van der Waals surface area contributed by atoms with Crippen LogP contribution in [0.5, 0.6) is 5.75 Å². The van der Waals surface area contributed by atoms with Gasteiger partial charge in [-0.2, -0.15) is 0 Å². The van der Waals surface area contributed by atoms with Gasteiger partial charge in [-0.05, 0) is 25.6 Å². The first-order valence-electron chi connectivity index (χ1n) is 13.6. The van der Waals surface area contributed by atoms with Gasteiger partial charge in [0.05, 0.1) is 25.2 Å². The van der Waals surface area contributed by atoms with E-state index in [-0.39, 0.29) is 43.9 Å².